The number of nitrogens with zero attached hydrogens (tertiary/aromatic N) is 1. The molecule has 1 aromatic carbocycles. The van der Waals surface area contributed by atoms with E-state index in [1.165, 1.54) is 29.8 Å². The quantitative estimate of drug-likeness (QED) is 0.786. The zero-order valence-corrected chi connectivity index (χ0v) is 9.48. The maximum atomic E-state index is 6.32. The van der Waals surface area contributed by atoms with Gasteiger partial charge < -0.3 is 10.2 Å². The lowest BCUT2D eigenvalue weighted by Gasteiger charge is -2.20. The van der Waals surface area contributed by atoms with Gasteiger partial charge in [0.25, 0.3) is 0 Å². The lowest BCUT2D eigenvalue weighted by molar-refractivity contribution is 0.949. The van der Waals surface area contributed by atoms with E-state index < -0.39 is 0 Å². The number of benzene rings is 1. The second kappa shape index (κ2) is 3.60. The van der Waals surface area contributed by atoms with Gasteiger partial charge in [0.05, 0.1) is 10.7 Å². The van der Waals surface area contributed by atoms with E-state index in [9.17, 15) is 0 Å². The van der Waals surface area contributed by atoms with Gasteiger partial charge in [0.15, 0.2) is 0 Å². The lowest BCUT2D eigenvalue weighted by Crippen LogP contribution is -2.18. The minimum absolute atomic E-state index is 0.916. The number of rotatable bonds is 1. The smallest absolute Gasteiger partial charge is 0.0643 e. The average Bonchev–Trinajstić information content (AvgIpc) is 2.85. The predicted molar refractivity (Wildman–Crippen MR) is 65.1 cm³/mol. The summed E-state index contributed by atoms with van der Waals surface area (Å²) < 4.78 is 0. The molecule has 0 saturated carbocycles. The molecule has 0 bridgehead atoms. The molecule has 2 aliphatic rings. The SMILES string of the molecule is Clc1cc2c(cc1N1CCCC1)NCC2. The first kappa shape index (κ1) is 9.34. The van der Waals surface area contributed by atoms with Gasteiger partial charge in [-0.2, -0.15) is 0 Å². The Morgan fingerprint density at radius 2 is 2.00 bits per heavy atom. The molecule has 2 aliphatic heterocycles. The molecule has 1 N–H and O–H groups in total. The molecule has 2 heterocycles. The van der Waals surface area contributed by atoms with Crippen molar-refractivity contribution >= 4 is 23.0 Å². The first-order valence-corrected chi connectivity index (χ1v) is 6.03. The Labute approximate surface area is 95.2 Å². The van der Waals surface area contributed by atoms with E-state index in [2.05, 4.69) is 22.3 Å². The monoisotopic (exact) mass is 222 g/mol. The Morgan fingerprint density at radius 1 is 1.20 bits per heavy atom. The Bertz CT molecular complexity index is 383. The van der Waals surface area contributed by atoms with Gasteiger partial charge in [-0.25, -0.2) is 0 Å². The maximum absolute atomic E-state index is 6.32. The molecule has 0 atom stereocenters. The summed E-state index contributed by atoms with van der Waals surface area (Å²) in [4.78, 5) is 2.39. The molecule has 0 aliphatic carbocycles. The molecule has 0 aromatic heterocycles. The molecule has 0 spiro atoms. The highest BCUT2D eigenvalue weighted by molar-refractivity contribution is 6.33. The summed E-state index contributed by atoms with van der Waals surface area (Å²) in [5, 5.41) is 4.32. The topological polar surface area (TPSA) is 15.3 Å². The number of hydrogen-bond acceptors (Lipinski definition) is 2. The van der Waals surface area contributed by atoms with Crippen LogP contribution in [0.25, 0.3) is 0 Å². The van der Waals surface area contributed by atoms with Gasteiger partial charge in [0.1, 0.15) is 0 Å². The molecular weight excluding hydrogens is 208 g/mol. The summed E-state index contributed by atoms with van der Waals surface area (Å²) in [5.41, 5.74) is 3.85. The van der Waals surface area contributed by atoms with Crippen LogP contribution in [-0.4, -0.2) is 19.6 Å². The van der Waals surface area contributed by atoms with Crippen molar-refractivity contribution in [2.75, 3.05) is 29.9 Å². The van der Waals surface area contributed by atoms with Crippen LogP contribution in [0.15, 0.2) is 12.1 Å². The number of hydrogen-bond donors (Lipinski definition) is 1. The minimum atomic E-state index is 0.916. The number of halogens is 1. The molecule has 0 amide bonds. The third-order valence-electron chi connectivity index (χ3n) is 3.33. The Balaban J connectivity index is 2.00. The molecule has 1 aromatic rings. The number of fused-ring (bicyclic) bond motifs is 1. The van der Waals surface area contributed by atoms with Gasteiger partial charge >= 0.3 is 0 Å². The highest BCUT2D eigenvalue weighted by Gasteiger charge is 2.19. The van der Waals surface area contributed by atoms with Gasteiger partial charge in [0.2, 0.25) is 0 Å². The number of nitrogens with one attached hydrogen (secondary N) is 1. The largest absolute Gasteiger partial charge is 0.384 e. The van der Waals surface area contributed by atoms with Crippen LogP contribution in [-0.2, 0) is 6.42 Å². The highest BCUT2D eigenvalue weighted by atomic mass is 35.5. The summed E-state index contributed by atoms with van der Waals surface area (Å²) in [6.45, 7) is 3.35. The van der Waals surface area contributed by atoms with E-state index in [0.717, 1.165) is 31.1 Å². The van der Waals surface area contributed by atoms with Crippen molar-refractivity contribution in [1.82, 2.24) is 0 Å². The number of anilines is 2. The molecule has 2 nitrogen and oxygen atoms in total. The Morgan fingerprint density at radius 3 is 2.80 bits per heavy atom. The average molecular weight is 223 g/mol. The van der Waals surface area contributed by atoms with E-state index in [4.69, 9.17) is 11.6 Å². The van der Waals surface area contributed by atoms with E-state index in [1.807, 2.05) is 0 Å². The van der Waals surface area contributed by atoms with Crippen LogP contribution in [0.2, 0.25) is 5.02 Å². The van der Waals surface area contributed by atoms with Crippen LogP contribution in [0.4, 0.5) is 11.4 Å². The molecular formula is C12H15ClN2. The van der Waals surface area contributed by atoms with Crippen LogP contribution in [0.1, 0.15) is 18.4 Å². The molecule has 3 rings (SSSR count). The Hall–Kier alpha value is -0.890. The molecule has 1 fully saturated rings. The van der Waals surface area contributed by atoms with Gasteiger partial charge in [0, 0.05) is 25.3 Å². The fourth-order valence-corrected chi connectivity index (χ4v) is 2.81. The van der Waals surface area contributed by atoms with Gasteiger partial charge in [-0.15, -0.1) is 0 Å². The van der Waals surface area contributed by atoms with Crippen molar-refractivity contribution in [3.05, 3.63) is 22.7 Å². The summed E-state index contributed by atoms with van der Waals surface area (Å²) in [7, 11) is 0. The molecule has 0 unspecified atom stereocenters. The van der Waals surface area contributed by atoms with Crippen molar-refractivity contribution in [2.45, 2.75) is 19.3 Å². The fourth-order valence-electron chi connectivity index (χ4n) is 2.51. The van der Waals surface area contributed by atoms with Crippen molar-refractivity contribution in [3.8, 4) is 0 Å². The van der Waals surface area contributed by atoms with Crippen LogP contribution < -0.4 is 10.2 Å². The van der Waals surface area contributed by atoms with Crippen molar-refractivity contribution < 1.29 is 0 Å². The summed E-state index contributed by atoms with van der Waals surface area (Å²) in [6.07, 6.45) is 3.69. The minimum Gasteiger partial charge on any atom is -0.384 e. The normalized spacial score (nSPS) is 19.1. The third-order valence-corrected chi connectivity index (χ3v) is 3.63. The van der Waals surface area contributed by atoms with Crippen molar-refractivity contribution in [3.63, 3.8) is 0 Å². The highest BCUT2D eigenvalue weighted by Crippen LogP contribution is 2.35. The lowest BCUT2D eigenvalue weighted by atomic mass is 10.1. The molecule has 80 valence electrons. The summed E-state index contributed by atoms with van der Waals surface area (Å²) in [5.74, 6) is 0. The van der Waals surface area contributed by atoms with Gasteiger partial charge in [-0.3, -0.25) is 0 Å². The molecule has 3 heteroatoms. The van der Waals surface area contributed by atoms with Gasteiger partial charge in [-0.1, -0.05) is 11.6 Å². The van der Waals surface area contributed by atoms with Crippen LogP contribution in [0.3, 0.4) is 0 Å². The van der Waals surface area contributed by atoms with E-state index in [0.29, 0.717) is 0 Å². The first-order chi connectivity index (χ1) is 7.34. The fraction of sp³-hybridized carbons (Fsp3) is 0.500. The standard InChI is InChI=1S/C12H15ClN2/c13-10-7-9-3-4-14-11(9)8-12(10)15-5-1-2-6-15/h7-8,14H,1-6H2. The molecule has 1 saturated heterocycles. The van der Waals surface area contributed by atoms with E-state index in [-0.39, 0.29) is 0 Å². The van der Waals surface area contributed by atoms with Gasteiger partial charge in [-0.05, 0) is 37.0 Å². The van der Waals surface area contributed by atoms with Crippen LogP contribution >= 0.6 is 11.6 Å². The van der Waals surface area contributed by atoms with Crippen molar-refractivity contribution in [2.24, 2.45) is 0 Å². The molecule has 0 radical (unpaired) electrons. The Kier molecular flexibility index (Phi) is 2.24. The first-order valence-electron chi connectivity index (χ1n) is 5.66. The maximum Gasteiger partial charge on any atom is 0.0643 e. The second-order valence-corrected chi connectivity index (χ2v) is 4.74. The van der Waals surface area contributed by atoms with E-state index in [1.54, 1.807) is 0 Å². The predicted octanol–water partition coefficient (Wildman–Crippen LogP) is 2.91. The van der Waals surface area contributed by atoms with Crippen molar-refractivity contribution in [1.29, 1.82) is 0 Å². The van der Waals surface area contributed by atoms with Crippen LogP contribution in [0, 0.1) is 0 Å². The molecule has 15 heavy (non-hydrogen) atoms. The summed E-state index contributed by atoms with van der Waals surface area (Å²) >= 11 is 6.32. The third kappa shape index (κ3) is 1.57. The summed E-state index contributed by atoms with van der Waals surface area (Å²) in [6, 6.07) is 4.35. The zero-order valence-electron chi connectivity index (χ0n) is 8.72. The zero-order chi connectivity index (χ0) is 10.3. The van der Waals surface area contributed by atoms with Crippen LogP contribution in [0.5, 0.6) is 0 Å². The second-order valence-electron chi connectivity index (χ2n) is 4.33. The van der Waals surface area contributed by atoms with E-state index >= 15 is 0 Å².